The Bertz CT molecular complexity index is 975. The second kappa shape index (κ2) is 8.73. The van der Waals surface area contributed by atoms with E-state index in [4.69, 9.17) is 21.1 Å². The standard InChI is InChI=1S/C20H17ClF4N2O2/c1-2-28-19-17(22)18(13-6-4-3-5-7-13)26-27(19)10-11-29-16-9-8-14(12-15(16)21)20(23,24)25/h3-9,12H,2,10-11H2,1H3. The maximum Gasteiger partial charge on any atom is 0.416 e. The monoisotopic (exact) mass is 428 g/mol. The number of alkyl halides is 3. The minimum absolute atomic E-state index is 0.000504. The average Bonchev–Trinajstić information content (AvgIpc) is 2.99. The highest BCUT2D eigenvalue weighted by molar-refractivity contribution is 6.32. The second-order valence-corrected chi connectivity index (χ2v) is 6.39. The Kier molecular flexibility index (Phi) is 6.32. The summed E-state index contributed by atoms with van der Waals surface area (Å²) in [5.74, 6) is -0.535. The van der Waals surface area contributed by atoms with Gasteiger partial charge in [0.2, 0.25) is 11.7 Å². The molecule has 1 aromatic heterocycles. The fourth-order valence-corrected chi connectivity index (χ4v) is 2.90. The predicted molar refractivity (Wildman–Crippen MR) is 101 cm³/mol. The highest BCUT2D eigenvalue weighted by Crippen LogP contribution is 2.35. The van der Waals surface area contributed by atoms with Gasteiger partial charge in [-0.05, 0) is 25.1 Å². The van der Waals surface area contributed by atoms with Crippen molar-refractivity contribution in [2.75, 3.05) is 13.2 Å². The van der Waals surface area contributed by atoms with Gasteiger partial charge in [-0.15, -0.1) is 0 Å². The zero-order valence-corrected chi connectivity index (χ0v) is 16.1. The van der Waals surface area contributed by atoms with Gasteiger partial charge in [-0.3, -0.25) is 0 Å². The van der Waals surface area contributed by atoms with E-state index >= 15 is 0 Å². The molecule has 0 radical (unpaired) electrons. The van der Waals surface area contributed by atoms with Crippen LogP contribution in [0.4, 0.5) is 17.6 Å². The molecular formula is C20H17ClF4N2O2. The number of hydrogen-bond donors (Lipinski definition) is 0. The molecule has 0 saturated heterocycles. The predicted octanol–water partition coefficient (Wildman–Crippen LogP) is 5.84. The fourth-order valence-electron chi connectivity index (χ4n) is 2.67. The van der Waals surface area contributed by atoms with Crippen LogP contribution in [-0.2, 0) is 12.7 Å². The Balaban J connectivity index is 1.75. The summed E-state index contributed by atoms with van der Waals surface area (Å²) in [4.78, 5) is 0. The Morgan fingerprint density at radius 3 is 2.41 bits per heavy atom. The molecule has 29 heavy (non-hydrogen) atoms. The van der Waals surface area contributed by atoms with Gasteiger partial charge < -0.3 is 9.47 Å². The molecule has 0 amide bonds. The molecule has 0 spiro atoms. The summed E-state index contributed by atoms with van der Waals surface area (Å²) < 4.78 is 65.0. The number of halogens is 5. The Labute approximate surface area is 169 Å². The topological polar surface area (TPSA) is 36.3 Å². The van der Waals surface area contributed by atoms with Crippen molar-refractivity contribution in [3.63, 3.8) is 0 Å². The molecule has 1 heterocycles. The number of rotatable bonds is 7. The van der Waals surface area contributed by atoms with Crippen molar-refractivity contribution in [3.05, 3.63) is 64.9 Å². The lowest BCUT2D eigenvalue weighted by molar-refractivity contribution is -0.137. The molecule has 0 fully saturated rings. The van der Waals surface area contributed by atoms with Crippen molar-refractivity contribution < 1.29 is 27.0 Å². The van der Waals surface area contributed by atoms with Gasteiger partial charge in [0.25, 0.3) is 0 Å². The lowest BCUT2D eigenvalue weighted by Gasteiger charge is -2.12. The van der Waals surface area contributed by atoms with Crippen LogP contribution in [0.15, 0.2) is 48.5 Å². The number of nitrogens with zero attached hydrogens (tertiary/aromatic N) is 2. The first-order valence-electron chi connectivity index (χ1n) is 8.75. The summed E-state index contributed by atoms with van der Waals surface area (Å²) in [6, 6.07) is 11.6. The van der Waals surface area contributed by atoms with Gasteiger partial charge in [-0.1, -0.05) is 41.9 Å². The van der Waals surface area contributed by atoms with Crippen LogP contribution in [0.25, 0.3) is 11.3 Å². The van der Waals surface area contributed by atoms with E-state index in [-0.39, 0.29) is 42.1 Å². The van der Waals surface area contributed by atoms with E-state index < -0.39 is 17.6 Å². The maximum absolute atomic E-state index is 14.8. The zero-order chi connectivity index (χ0) is 21.0. The average molecular weight is 429 g/mol. The number of aromatic nitrogens is 2. The lowest BCUT2D eigenvalue weighted by atomic mass is 10.1. The molecule has 154 valence electrons. The third kappa shape index (κ3) is 4.82. The molecule has 0 unspecified atom stereocenters. The Morgan fingerprint density at radius 1 is 1.07 bits per heavy atom. The number of hydrogen-bond acceptors (Lipinski definition) is 3. The summed E-state index contributed by atoms with van der Waals surface area (Å²) >= 11 is 5.88. The first kappa shape index (κ1) is 21.0. The molecule has 3 aromatic rings. The largest absolute Gasteiger partial charge is 0.490 e. The van der Waals surface area contributed by atoms with E-state index in [2.05, 4.69) is 5.10 Å². The summed E-state index contributed by atoms with van der Waals surface area (Å²) in [6.07, 6.45) is -4.49. The van der Waals surface area contributed by atoms with Crippen molar-refractivity contribution in [3.8, 4) is 22.9 Å². The quantitative estimate of drug-likeness (QED) is 0.444. The summed E-state index contributed by atoms with van der Waals surface area (Å²) in [5.41, 5.74) is -0.131. The van der Waals surface area contributed by atoms with Crippen molar-refractivity contribution >= 4 is 11.6 Å². The van der Waals surface area contributed by atoms with Crippen molar-refractivity contribution in [1.82, 2.24) is 9.78 Å². The SMILES string of the molecule is CCOc1c(F)c(-c2ccccc2)nn1CCOc1ccc(C(F)(F)F)cc1Cl. The van der Waals surface area contributed by atoms with Crippen LogP contribution in [0.3, 0.4) is 0 Å². The van der Waals surface area contributed by atoms with Gasteiger partial charge in [-0.25, -0.2) is 4.68 Å². The van der Waals surface area contributed by atoms with E-state index in [1.165, 1.54) is 4.68 Å². The summed E-state index contributed by atoms with van der Waals surface area (Å²) in [6.45, 7) is 2.07. The highest BCUT2D eigenvalue weighted by atomic mass is 35.5. The fraction of sp³-hybridized carbons (Fsp3) is 0.250. The third-order valence-corrected chi connectivity index (χ3v) is 4.29. The molecule has 2 aromatic carbocycles. The van der Waals surface area contributed by atoms with Gasteiger partial charge >= 0.3 is 6.18 Å². The van der Waals surface area contributed by atoms with Crippen LogP contribution < -0.4 is 9.47 Å². The Hall–Kier alpha value is -2.74. The molecule has 0 aliphatic rings. The van der Waals surface area contributed by atoms with Crippen LogP contribution in [0, 0.1) is 5.82 Å². The third-order valence-electron chi connectivity index (χ3n) is 4.00. The molecule has 0 N–H and O–H groups in total. The normalized spacial score (nSPS) is 11.5. The Morgan fingerprint density at radius 2 is 1.79 bits per heavy atom. The van der Waals surface area contributed by atoms with Crippen molar-refractivity contribution in [2.24, 2.45) is 0 Å². The van der Waals surface area contributed by atoms with Crippen LogP contribution >= 0.6 is 11.6 Å². The number of benzene rings is 2. The molecular weight excluding hydrogens is 412 g/mol. The lowest BCUT2D eigenvalue weighted by Crippen LogP contribution is -2.12. The van der Waals surface area contributed by atoms with E-state index in [0.717, 1.165) is 18.2 Å². The first-order chi connectivity index (χ1) is 13.8. The molecule has 0 saturated carbocycles. The van der Waals surface area contributed by atoms with Crippen LogP contribution in [0.1, 0.15) is 12.5 Å². The smallest absolute Gasteiger partial charge is 0.416 e. The van der Waals surface area contributed by atoms with E-state index in [0.29, 0.717) is 5.56 Å². The van der Waals surface area contributed by atoms with Gasteiger partial charge in [0, 0.05) is 5.56 Å². The second-order valence-electron chi connectivity index (χ2n) is 5.98. The molecule has 4 nitrogen and oxygen atoms in total. The summed E-state index contributed by atoms with van der Waals surface area (Å²) in [7, 11) is 0. The van der Waals surface area contributed by atoms with Gasteiger partial charge in [0.1, 0.15) is 18.1 Å². The molecule has 0 aliphatic carbocycles. The van der Waals surface area contributed by atoms with Crippen LogP contribution in [0.2, 0.25) is 5.02 Å². The number of ether oxygens (including phenoxy) is 2. The molecule has 0 aliphatic heterocycles. The van der Waals surface area contributed by atoms with Crippen molar-refractivity contribution in [1.29, 1.82) is 0 Å². The minimum atomic E-state index is -4.49. The molecule has 9 heteroatoms. The van der Waals surface area contributed by atoms with E-state index in [1.807, 2.05) is 6.07 Å². The van der Waals surface area contributed by atoms with Gasteiger partial charge in [0.15, 0.2) is 0 Å². The van der Waals surface area contributed by atoms with E-state index in [1.54, 1.807) is 31.2 Å². The maximum atomic E-state index is 14.8. The molecule has 0 atom stereocenters. The van der Waals surface area contributed by atoms with Gasteiger partial charge in [-0.2, -0.15) is 22.7 Å². The minimum Gasteiger partial charge on any atom is -0.490 e. The zero-order valence-electron chi connectivity index (χ0n) is 15.3. The van der Waals surface area contributed by atoms with Crippen LogP contribution in [-0.4, -0.2) is 23.0 Å². The highest BCUT2D eigenvalue weighted by Gasteiger charge is 2.31. The first-order valence-corrected chi connectivity index (χ1v) is 9.13. The van der Waals surface area contributed by atoms with Gasteiger partial charge in [0.05, 0.1) is 23.7 Å². The van der Waals surface area contributed by atoms with E-state index in [9.17, 15) is 17.6 Å². The summed E-state index contributed by atoms with van der Waals surface area (Å²) in [5, 5.41) is 4.09. The van der Waals surface area contributed by atoms with Crippen LogP contribution in [0.5, 0.6) is 11.6 Å². The van der Waals surface area contributed by atoms with Crippen molar-refractivity contribution in [2.45, 2.75) is 19.6 Å². The molecule has 0 bridgehead atoms. The molecule has 3 rings (SSSR count).